The van der Waals surface area contributed by atoms with Crippen LogP contribution in [0.3, 0.4) is 0 Å². The molecular weight excluding hydrogens is 424 g/mol. The van der Waals surface area contributed by atoms with Crippen LogP contribution in [0, 0.1) is 0 Å². The highest BCUT2D eigenvalue weighted by atomic mass is 16.5. The number of para-hydroxylation sites is 2. The summed E-state index contributed by atoms with van der Waals surface area (Å²) in [5, 5.41) is 16.7. The molecule has 1 fully saturated rings. The third-order valence-corrected chi connectivity index (χ3v) is 6.02. The highest BCUT2D eigenvalue weighted by Crippen LogP contribution is 2.35. The molecule has 0 bridgehead atoms. The standard InChI is InChI=1S/C22H18N8O3/c31-20-14-11-13(19-26-28-29-27-19)5-6-18(14)33-22(25-20)7-9-30(10-8-22)21(32)17-12-23-15-3-1-2-4-16(15)24-17/h1-6,11-12H,7-10H2,(H,25,31)(H,26,27,28,29). The number of aromatic nitrogens is 6. The summed E-state index contributed by atoms with van der Waals surface area (Å²) >= 11 is 0. The molecule has 0 aliphatic carbocycles. The van der Waals surface area contributed by atoms with Gasteiger partial charge in [-0.25, -0.2) is 10.1 Å². The molecule has 2 aromatic carbocycles. The van der Waals surface area contributed by atoms with Crippen LogP contribution < -0.4 is 10.1 Å². The minimum absolute atomic E-state index is 0.184. The van der Waals surface area contributed by atoms with Crippen LogP contribution in [0.2, 0.25) is 0 Å². The van der Waals surface area contributed by atoms with Gasteiger partial charge in [0.1, 0.15) is 11.4 Å². The summed E-state index contributed by atoms with van der Waals surface area (Å²) < 4.78 is 6.23. The molecule has 2 aromatic heterocycles. The van der Waals surface area contributed by atoms with E-state index in [4.69, 9.17) is 4.74 Å². The summed E-state index contributed by atoms with van der Waals surface area (Å²) in [5.41, 5.74) is 1.97. The largest absolute Gasteiger partial charge is 0.467 e. The van der Waals surface area contributed by atoms with Gasteiger partial charge in [-0.05, 0) is 40.8 Å². The van der Waals surface area contributed by atoms with Crippen molar-refractivity contribution in [1.29, 1.82) is 0 Å². The number of hydrogen-bond acceptors (Lipinski definition) is 8. The van der Waals surface area contributed by atoms with Gasteiger partial charge in [0, 0.05) is 31.5 Å². The predicted molar refractivity (Wildman–Crippen MR) is 115 cm³/mol. The summed E-state index contributed by atoms with van der Waals surface area (Å²) in [6, 6.07) is 12.7. The lowest BCUT2D eigenvalue weighted by molar-refractivity contribution is -0.0246. The third-order valence-electron chi connectivity index (χ3n) is 6.02. The fourth-order valence-electron chi connectivity index (χ4n) is 4.26. The number of H-pyrrole nitrogens is 1. The minimum atomic E-state index is -0.856. The third kappa shape index (κ3) is 3.34. The lowest BCUT2D eigenvalue weighted by Crippen LogP contribution is -2.61. The Bertz CT molecular complexity index is 1380. The fourth-order valence-corrected chi connectivity index (χ4v) is 4.26. The Morgan fingerprint density at radius 1 is 1.09 bits per heavy atom. The summed E-state index contributed by atoms with van der Waals surface area (Å²) in [4.78, 5) is 36.4. The molecule has 2 N–H and O–H groups in total. The molecule has 2 amide bonds. The Morgan fingerprint density at radius 2 is 1.91 bits per heavy atom. The first kappa shape index (κ1) is 19.3. The topological polar surface area (TPSA) is 139 Å². The molecule has 6 rings (SSSR count). The molecule has 11 nitrogen and oxygen atoms in total. The fraction of sp³-hybridized carbons (Fsp3) is 0.227. The van der Waals surface area contributed by atoms with E-state index >= 15 is 0 Å². The lowest BCUT2D eigenvalue weighted by Gasteiger charge is -2.44. The summed E-state index contributed by atoms with van der Waals surface area (Å²) in [5.74, 6) is 0.548. The zero-order chi connectivity index (χ0) is 22.4. The maximum absolute atomic E-state index is 13.0. The Hall–Kier alpha value is -4.41. The summed E-state index contributed by atoms with van der Waals surface area (Å²) in [6.07, 6.45) is 2.42. The minimum Gasteiger partial charge on any atom is -0.467 e. The van der Waals surface area contributed by atoms with E-state index in [0.29, 0.717) is 59.8 Å². The number of fused-ring (bicyclic) bond motifs is 2. The number of amides is 2. The molecule has 0 atom stereocenters. The Kier molecular flexibility index (Phi) is 4.28. The van der Waals surface area contributed by atoms with Crippen LogP contribution in [0.1, 0.15) is 33.7 Å². The number of aromatic amines is 1. The number of piperidine rings is 1. The average molecular weight is 442 g/mol. The Labute approximate surface area is 187 Å². The second-order valence-electron chi connectivity index (χ2n) is 8.05. The van der Waals surface area contributed by atoms with Crippen molar-refractivity contribution < 1.29 is 14.3 Å². The molecular formula is C22H18N8O3. The van der Waals surface area contributed by atoms with Crippen molar-refractivity contribution >= 4 is 22.8 Å². The van der Waals surface area contributed by atoms with E-state index in [9.17, 15) is 9.59 Å². The van der Waals surface area contributed by atoms with Gasteiger partial charge in [-0.3, -0.25) is 14.6 Å². The van der Waals surface area contributed by atoms with E-state index in [1.54, 1.807) is 23.1 Å². The molecule has 1 saturated heterocycles. The molecule has 2 aliphatic rings. The number of carbonyl (C=O) groups is 2. The van der Waals surface area contributed by atoms with Crippen molar-refractivity contribution in [3.63, 3.8) is 0 Å². The van der Waals surface area contributed by atoms with E-state index in [1.165, 1.54) is 6.20 Å². The second-order valence-corrected chi connectivity index (χ2v) is 8.05. The quantitative estimate of drug-likeness (QED) is 0.477. The zero-order valence-corrected chi connectivity index (χ0v) is 17.4. The van der Waals surface area contributed by atoms with Crippen molar-refractivity contribution in [2.75, 3.05) is 13.1 Å². The first-order valence-corrected chi connectivity index (χ1v) is 10.5. The number of tetrazole rings is 1. The van der Waals surface area contributed by atoms with Crippen molar-refractivity contribution in [2.45, 2.75) is 18.6 Å². The highest BCUT2D eigenvalue weighted by molar-refractivity contribution is 5.99. The number of nitrogens with zero attached hydrogens (tertiary/aromatic N) is 6. The van der Waals surface area contributed by atoms with Crippen LogP contribution in [0.5, 0.6) is 5.75 Å². The number of ether oxygens (including phenoxy) is 1. The summed E-state index contributed by atoms with van der Waals surface area (Å²) in [6.45, 7) is 0.843. The monoisotopic (exact) mass is 442 g/mol. The van der Waals surface area contributed by atoms with Gasteiger partial charge in [0.25, 0.3) is 11.8 Å². The average Bonchev–Trinajstić information content (AvgIpc) is 3.39. The Morgan fingerprint density at radius 3 is 2.70 bits per heavy atom. The molecule has 11 heteroatoms. The van der Waals surface area contributed by atoms with E-state index < -0.39 is 5.72 Å². The molecule has 164 valence electrons. The van der Waals surface area contributed by atoms with Crippen molar-refractivity contribution in [3.05, 3.63) is 59.9 Å². The van der Waals surface area contributed by atoms with E-state index in [-0.39, 0.29) is 11.8 Å². The Balaban J connectivity index is 1.18. The second kappa shape index (κ2) is 7.33. The maximum atomic E-state index is 13.0. The van der Waals surface area contributed by atoms with Gasteiger partial charge in [-0.15, -0.1) is 5.10 Å². The van der Waals surface area contributed by atoms with Gasteiger partial charge < -0.3 is 15.0 Å². The molecule has 0 unspecified atom stereocenters. The summed E-state index contributed by atoms with van der Waals surface area (Å²) in [7, 11) is 0. The normalized spacial score (nSPS) is 16.8. The SMILES string of the molecule is O=C1NC2(CCN(C(=O)c3cnc4ccccc4n3)CC2)Oc2ccc(-c3nnn[nH]3)cc21. The maximum Gasteiger partial charge on any atom is 0.274 e. The molecule has 4 heterocycles. The van der Waals surface area contributed by atoms with Crippen LogP contribution in [0.4, 0.5) is 0 Å². The van der Waals surface area contributed by atoms with E-state index in [2.05, 4.69) is 35.9 Å². The van der Waals surface area contributed by atoms with E-state index in [1.807, 2.05) is 24.3 Å². The first-order chi connectivity index (χ1) is 16.1. The molecule has 2 aliphatic heterocycles. The number of rotatable bonds is 2. The lowest BCUT2D eigenvalue weighted by atomic mass is 9.96. The van der Waals surface area contributed by atoms with Gasteiger partial charge >= 0.3 is 0 Å². The zero-order valence-electron chi connectivity index (χ0n) is 17.4. The van der Waals surface area contributed by atoms with Gasteiger partial charge in [0.05, 0.1) is 22.8 Å². The van der Waals surface area contributed by atoms with Crippen LogP contribution in [0.15, 0.2) is 48.7 Å². The van der Waals surface area contributed by atoms with E-state index in [0.717, 1.165) is 5.52 Å². The van der Waals surface area contributed by atoms with Crippen LogP contribution in [-0.2, 0) is 0 Å². The highest BCUT2D eigenvalue weighted by Gasteiger charge is 2.43. The van der Waals surface area contributed by atoms with Crippen molar-refractivity contribution in [2.24, 2.45) is 0 Å². The van der Waals surface area contributed by atoms with Gasteiger partial charge in [0.15, 0.2) is 11.5 Å². The molecule has 33 heavy (non-hydrogen) atoms. The van der Waals surface area contributed by atoms with Gasteiger partial charge in [-0.2, -0.15) is 0 Å². The number of nitrogens with one attached hydrogen (secondary N) is 2. The van der Waals surface area contributed by atoms with Crippen molar-refractivity contribution in [1.82, 2.24) is 40.8 Å². The van der Waals surface area contributed by atoms with Crippen LogP contribution in [-0.4, -0.2) is 66.1 Å². The molecule has 1 spiro atoms. The first-order valence-electron chi connectivity index (χ1n) is 10.5. The number of benzene rings is 2. The number of hydrogen-bond donors (Lipinski definition) is 2. The van der Waals surface area contributed by atoms with Crippen LogP contribution in [0.25, 0.3) is 22.4 Å². The number of carbonyl (C=O) groups excluding carboxylic acids is 2. The smallest absolute Gasteiger partial charge is 0.274 e. The van der Waals surface area contributed by atoms with Crippen LogP contribution >= 0.6 is 0 Å². The van der Waals surface area contributed by atoms with Gasteiger partial charge in [-0.1, -0.05) is 12.1 Å². The van der Waals surface area contributed by atoms with Crippen molar-refractivity contribution in [3.8, 4) is 17.1 Å². The predicted octanol–water partition coefficient (Wildman–Crippen LogP) is 1.56. The molecule has 4 aromatic rings. The number of likely N-dealkylation sites (tertiary alicyclic amines) is 1. The molecule has 0 radical (unpaired) electrons. The van der Waals surface area contributed by atoms with Gasteiger partial charge in [0.2, 0.25) is 0 Å². The molecule has 0 saturated carbocycles.